The van der Waals surface area contributed by atoms with Crippen LogP contribution in [-0.4, -0.2) is 39.0 Å². The molecule has 0 aliphatic rings. The smallest absolute Gasteiger partial charge is 0.230 e. The molecule has 5 nitrogen and oxygen atoms in total. The number of amides is 1. The molecule has 1 atom stereocenters. The highest BCUT2D eigenvalue weighted by molar-refractivity contribution is 7.99. The molecule has 2 N–H and O–H groups in total. The highest BCUT2D eigenvalue weighted by Gasteiger charge is 2.11. The molecule has 0 spiro atoms. The van der Waals surface area contributed by atoms with E-state index in [0.717, 1.165) is 10.8 Å². The van der Waals surface area contributed by atoms with Crippen LogP contribution in [0.4, 0.5) is 0 Å². The third kappa shape index (κ3) is 4.11. The minimum absolute atomic E-state index is 0.110. The van der Waals surface area contributed by atoms with Crippen molar-refractivity contribution in [2.75, 3.05) is 12.3 Å². The number of hydrogen-bond donors (Lipinski definition) is 2. The molecule has 0 fully saturated rings. The average Bonchev–Trinajstić information content (AvgIpc) is 2.94. The largest absolute Gasteiger partial charge is 0.392 e. The molecule has 0 aliphatic carbocycles. The van der Waals surface area contributed by atoms with E-state index < -0.39 is 6.10 Å². The zero-order chi connectivity index (χ0) is 16.1. The second kappa shape index (κ2) is 7.47. The van der Waals surface area contributed by atoms with Crippen LogP contribution in [0.1, 0.15) is 18.1 Å². The zero-order valence-electron chi connectivity index (χ0n) is 13.0. The summed E-state index contributed by atoms with van der Waals surface area (Å²) in [6.07, 6.45) is 3.10. The Bertz CT molecular complexity index is 653. The van der Waals surface area contributed by atoms with Gasteiger partial charge >= 0.3 is 0 Å². The number of aliphatic hydroxyl groups is 1. The van der Waals surface area contributed by atoms with E-state index in [4.69, 9.17) is 5.11 Å². The lowest BCUT2D eigenvalue weighted by Crippen LogP contribution is -2.31. The fraction of sp³-hybridized carbons (Fsp3) is 0.375. The molecule has 0 aliphatic heterocycles. The number of nitrogens with zero attached hydrogens (tertiary/aromatic N) is 2. The number of aliphatic hydroxyl groups excluding tert-OH is 1. The molecule has 0 saturated heterocycles. The number of benzene rings is 1. The summed E-state index contributed by atoms with van der Waals surface area (Å²) in [5.74, 6) is 0.163. The van der Waals surface area contributed by atoms with E-state index in [9.17, 15) is 4.79 Å². The predicted octanol–water partition coefficient (Wildman–Crippen LogP) is 2.08. The van der Waals surface area contributed by atoms with Gasteiger partial charge in [-0.05, 0) is 38.0 Å². The first-order valence-electron chi connectivity index (χ1n) is 7.16. The third-order valence-corrected chi connectivity index (χ3v) is 4.34. The van der Waals surface area contributed by atoms with Crippen molar-refractivity contribution in [1.29, 1.82) is 0 Å². The summed E-state index contributed by atoms with van der Waals surface area (Å²) in [7, 11) is 0. The molecule has 1 unspecified atom stereocenters. The Morgan fingerprint density at radius 1 is 1.45 bits per heavy atom. The number of hydrogen-bond acceptors (Lipinski definition) is 4. The summed E-state index contributed by atoms with van der Waals surface area (Å²) in [5.41, 5.74) is 3.49. The molecule has 1 amide bonds. The molecule has 1 aromatic carbocycles. The number of carbonyl (C=O) groups is 1. The number of rotatable bonds is 6. The van der Waals surface area contributed by atoms with Gasteiger partial charge in [0, 0.05) is 18.9 Å². The summed E-state index contributed by atoms with van der Waals surface area (Å²) >= 11 is 1.38. The first-order chi connectivity index (χ1) is 10.5. The van der Waals surface area contributed by atoms with Gasteiger partial charge in [-0.2, -0.15) is 0 Å². The topological polar surface area (TPSA) is 67.2 Å². The molecule has 22 heavy (non-hydrogen) atoms. The second-order valence-electron chi connectivity index (χ2n) is 5.24. The Labute approximate surface area is 134 Å². The van der Waals surface area contributed by atoms with Gasteiger partial charge < -0.3 is 10.4 Å². The highest BCUT2D eigenvalue weighted by atomic mass is 32.2. The van der Waals surface area contributed by atoms with E-state index in [1.807, 2.05) is 22.9 Å². The van der Waals surface area contributed by atoms with Crippen LogP contribution in [0.2, 0.25) is 0 Å². The van der Waals surface area contributed by atoms with Crippen molar-refractivity contribution in [2.45, 2.75) is 32.0 Å². The molecular weight excluding hydrogens is 298 g/mol. The standard InChI is InChI=1S/C16H21N3O2S/c1-11-5-4-6-14(13(11)3)19-8-7-17-16(19)22-10-15(21)18-9-12(2)20/h4-8,12,20H,9-10H2,1-3H3,(H,18,21). The van der Waals surface area contributed by atoms with Crippen molar-refractivity contribution >= 4 is 17.7 Å². The number of thioether (sulfide) groups is 1. The summed E-state index contributed by atoms with van der Waals surface area (Å²) < 4.78 is 1.99. The summed E-state index contributed by atoms with van der Waals surface area (Å²) in [4.78, 5) is 16.1. The molecule has 0 bridgehead atoms. The quantitative estimate of drug-likeness (QED) is 0.800. The van der Waals surface area contributed by atoms with Crippen molar-refractivity contribution in [3.05, 3.63) is 41.7 Å². The Hall–Kier alpha value is -1.79. The van der Waals surface area contributed by atoms with Gasteiger partial charge in [0.25, 0.3) is 0 Å². The minimum atomic E-state index is -0.536. The van der Waals surface area contributed by atoms with Crippen molar-refractivity contribution in [3.63, 3.8) is 0 Å². The normalized spacial score (nSPS) is 12.2. The fourth-order valence-corrected chi connectivity index (χ4v) is 2.82. The Morgan fingerprint density at radius 2 is 2.23 bits per heavy atom. The average molecular weight is 319 g/mol. The van der Waals surface area contributed by atoms with Gasteiger partial charge in [0.2, 0.25) is 5.91 Å². The van der Waals surface area contributed by atoms with Crippen molar-refractivity contribution in [3.8, 4) is 5.69 Å². The monoisotopic (exact) mass is 319 g/mol. The maximum Gasteiger partial charge on any atom is 0.230 e. The van der Waals surface area contributed by atoms with Crippen LogP contribution in [0, 0.1) is 13.8 Å². The van der Waals surface area contributed by atoms with Crippen molar-refractivity contribution < 1.29 is 9.90 Å². The van der Waals surface area contributed by atoms with Gasteiger partial charge in [0.05, 0.1) is 17.5 Å². The second-order valence-corrected chi connectivity index (χ2v) is 6.18. The SMILES string of the molecule is Cc1cccc(-n2ccnc2SCC(=O)NCC(C)O)c1C. The number of aromatic nitrogens is 2. The molecule has 6 heteroatoms. The predicted molar refractivity (Wildman–Crippen MR) is 88.5 cm³/mol. The zero-order valence-corrected chi connectivity index (χ0v) is 13.9. The first kappa shape index (κ1) is 16.6. The third-order valence-electron chi connectivity index (χ3n) is 3.37. The van der Waals surface area contributed by atoms with E-state index in [-0.39, 0.29) is 18.2 Å². The van der Waals surface area contributed by atoms with E-state index in [1.165, 1.54) is 22.9 Å². The number of imidazole rings is 1. The van der Waals surface area contributed by atoms with E-state index in [0.29, 0.717) is 0 Å². The van der Waals surface area contributed by atoms with E-state index >= 15 is 0 Å². The Morgan fingerprint density at radius 3 is 2.95 bits per heavy atom. The maximum atomic E-state index is 11.7. The highest BCUT2D eigenvalue weighted by Crippen LogP contribution is 2.24. The molecule has 1 aromatic heterocycles. The fourth-order valence-electron chi connectivity index (χ4n) is 2.02. The number of nitrogens with one attached hydrogen (secondary N) is 1. The summed E-state index contributed by atoms with van der Waals surface area (Å²) in [6.45, 7) is 6.06. The molecular formula is C16H21N3O2S. The summed E-state index contributed by atoms with van der Waals surface area (Å²) in [5, 5.41) is 12.6. The molecule has 0 saturated carbocycles. The Balaban J connectivity index is 2.07. The lowest BCUT2D eigenvalue weighted by atomic mass is 10.1. The number of aryl methyl sites for hydroxylation is 1. The van der Waals surface area contributed by atoms with Crippen LogP contribution in [-0.2, 0) is 4.79 Å². The van der Waals surface area contributed by atoms with Crippen LogP contribution >= 0.6 is 11.8 Å². The van der Waals surface area contributed by atoms with Crippen LogP contribution in [0.15, 0.2) is 35.7 Å². The molecule has 1 heterocycles. The van der Waals surface area contributed by atoms with Gasteiger partial charge in [0.15, 0.2) is 5.16 Å². The molecule has 118 valence electrons. The maximum absolute atomic E-state index is 11.7. The molecule has 0 radical (unpaired) electrons. The minimum Gasteiger partial charge on any atom is -0.392 e. The molecule has 2 rings (SSSR count). The summed E-state index contributed by atoms with van der Waals surface area (Å²) in [6, 6.07) is 6.13. The van der Waals surface area contributed by atoms with Crippen LogP contribution < -0.4 is 5.32 Å². The Kier molecular flexibility index (Phi) is 5.63. The first-order valence-corrected chi connectivity index (χ1v) is 8.15. The van der Waals surface area contributed by atoms with Gasteiger partial charge in [-0.15, -0.1) is 0 Å². The van der Waals surface area contributed by atoms with Crippen molar-refractivity contribution in [2.24, 2.45) is 0 Å². The van der Waals surface area contributed by atoms with Crippen LogP contribution in [0.25, 0.3) is 5.69 Å². The van der Waals surface area contributed by atoms with Crippen LogP contribution in [0.5, 0.6) is 0 Å². The van der Waals surface area contributed by atoms with Gasteiger partial charge in [-0.25, -0.2) is 4.98 Å². The van der Waals surface area contributed by atoms with Crippen LogP contribution in [0.3, 0.4) is 0 Å². The van der Waals surface area contributed by atoms with Gasteiger partial charge in [0.1, 0.15) is 0 Å². The van der Waals surface area contributed by atoms with Crippen molar-refractivity contribution in [1.82, 2.24) is 14.9 Å². The van der Waals surface area contributed by atoms with E-state index in [1.54, 1.807) is 13.1 Å². The lowest BCUT2D eigenvalue weighted by molar-refractivity contribution is -0.118. The van der Waals surface area contributed by atoms with Gasteiger partial charge in [-0.1, -0.05) is 23.9 Å². The molecule has 2 aromatic rings. The number of carbonyl (C=O) groups excluding carboxylic acids is 1. The van der Waals surface area contributed by atoms with E-state index in [2.05, 4.69) is 30.2 Å². The van der Waals surface area contributed by atoms with Gasteiger partial charge in [-0.3, -0.25) is 9.36 Å². The lowest BCUT2D eigenvalue weighted by Gasteiger charge is -2.12.